The van der Waals surface area contributed by atoms with Crippen LogP contribution in [0.2, 0.25) is 0 Å². The zero-order valence-electron chi connectivity index (χ0n) is 38.4. The molecule has 12 heteroatoms. The van der Waals surface area contributed by atoms with Crippen LogP contribution in [0, 0.1) is 11.8 Å². The molecule has 342 valence electrons. The minimum absolute atomic E-state index is 0.0430. The van der Waals surface area contributed by atoms with E-state index in [4.69, 9.17) is 28.4 Å². The molecular weight excluding hydrogens is 823 g/mol. The van der Waals surface area contributed by atoms with Gasteiger partial charge in [-0.15, -0.1) is 0 Å². The van der Waals surface area contributed by atoms with Crippen molar-refractivity contribution in [3.63, 3.8) is 0 Å². The summed E-state index contributed by atoms with van der Waals surface area (Å²) in [4.78, 5) is 33.1. The molecule has 4 aromatic carbocycles. The lowest BCUT2D eigenvalue weighted by molar-refractivity contribution is -0.158. The number of para-hydroxylation sites is 1. The molecule has 0 unspecified atom stereocenters. The maximum absolute atomic E-state index is 15.5. The van der Waals surface area contributed by atoms with Crippen molar-refractivity contribution in [1.82, 2.24) is 14.4 Å². The average molecular weight is 884 g/mol. The second-order valence-electron chi connectivity index (χ2n) is 17.9. The Hall–Kier alpha value is -5.82. The molecule has 12 nitrogen and oxygen atoms in total. The van der Waals surface area contributed by atoms with Gasteiger partial charge in [-0.05, 0) is 113 Å². The normalized spacial score (nSPS) is 22.8. The fraction of sp³-hybridized carbons (Fsp3) is 0.434. The largest absolute Gasteiger partial charge is 0.493 e. The summed E-state index contributed by atoms with van der Waals surface area (Å²) >= 11 is 0. The summed E-state index contributed by atoms with van der Waals surface area (Å²) in [5.41, 5.74) is 8.29. The first kappa shape index (κ1) is 44.4. The first-order valence-corrected chi connectivity index (χ1v) is 23.0. The van der Waals surface area contributed by atoms with Gasteiger partial charge >= 0.3 is 0 Å². The highest BCUT2D eigenvalue weighted by molar-refractivity contribution is 5.95. The summed E-state index contributed by atoms with van der Waals surface area (Å²) in [6, 6.07) is 23.9. The quantitative estimate of drug-likeness (QED) is 0.123. The number of aliphatic hydroxyl groups is 1. The number of hydrogen-bond donors (Lipinski definition) is 1. The molecular formula is C53H61N3O9. The molecule has 0 spiro atoms. The molecule has 0 radical (unpaired) electrons. The number of methoxy groups -OCH3 is 4. The predicted molar refractivity (Wildman–Crippen MR) is 247 cm³/mol. The van der Waals surface area contributed by atoms with Crippen molar-refractivity contribution in [3.05, 3.63) is 130 Å². The molecule has 1 amide bonds. The summed E-state index contributed by atoms with van der Waals surface area (Å²) in [7, 11) is 6.70. The molecule has 0 saturated carbocycles. The highest BCUT2D eigenvalue weighted by atomic mass is 16.7. The Bertz CT molecular complexity index is 2580. The third-order valence-corrected chi connectivity index (χ3v) is 14.5. The van der Waals surface area contributed by atoms with E-state index in [1.165, 1.54) is 11.1 Å². The van der Waals surface area contributed by atoms with Crippen molar-refractivity contribution in [3.8, 4) is 23.0 Å². The van der Waals surface area contributed by atoms with Crippen molar-refractivity contribution in [2.24, 2.45) is 11.8 Å². The molecule has 1 aromatic heterocycles. The zero-order valence-corrected chi connectivity index (χ0v) is 38.4. The minimum atomic E-state index is -0.753. The first-order valence-electron chi connectivity index (χ1n) is 23.0. The van der Waals surface area contributed by atoms with E-state index < -0.39 is 6.29 Å². The topological polar surface area (TPSA) is 121 Å². The smallest absolute Gasteiger partial charge is 0.289 e. The fourth-order valence-corrected chi connectivity index (χ4v) is 11.0. The van der Waals surface area contributed by atoms with Gasteiger partial charge in [-0.25, -0.2) is 0 Å². The Balaban J connectivity index is 1.09. The third kappa shape index (κ3) is 8.59. The number of hydrogen-bond acceptors (Lipinski definition) is 10. The number of nitrogens with zero attached hydrogens (tertiary/aromatic N) is 3. The second kappa shape index (κ2) is 19.0. The van der Waals surface area contributed by atoms with Gasteiger partial charge in [-0.1, -0.05) is 55.8 Å². The van der Waals surface area contributed by atoms with E-state index in [2.05, 4.69) is 36.1 Å². The van der Waals surface area contributed by atoms with Gasteiger partial charge in [0.2, 0.25) is 12.2 Å². The highest BCUT2D eigenvalue weighted by Crippen LogP contribution is 2.50. The predicted octanol–water partition coefficient (Wildman–Crippen LogP) is 8.92. The average Bonchev–Trinajstić information content (AvgIpc) is 3.75. The number of ether oxygens (including phenoxy) is 6. The molecule has 0 bridgehead atoms. The number of aliphatic hydroxyl groups excluding tert-OH is 1. The van der Waals surface area contributed by atoms with Crippen LogP contribution in [-0.4, -0.2) is 85.7 Å². The third-order valence-electron chi connectivity index (χ3n) is 14.5. The van der Waals surface area contributed by atoms with Gasteiger partial charge in [-0.2, -0.15) is 0 Å². The van der Waals surface area contributed by atoms with Crippen LogP contribution in [0.5, 0.6) is 23.0 Å². The van der Waals surface area contributed by atoms with Gasteiger partial charge in [0.25, 0.3) is 5.91 Å². The number of fused-ring (bicyclic) bond motifs is 5. The molecule has 1 N–H and O–H groups in total. The summed E-state index contributed by atoms with van der Waals surface area (Å²) < 4.78 is 38.1. The van der Waals surface area contributed by atoms with Crippen molar-refractivity contribution in [2.45, 2.75) is 89.9 Å². The molecule has 1 saturated heterocycles. The summed E-state index contributed by atoms with van der Waals surface area (Å²) in [6.07, 6.45) is 7.85. The summed E-state index contributed by atoms with van der Waals surface area (Å²) in [5.74, 6) is 3.18. The number of aromatic nitrogens is 1. The lowest BCUT2D eigenvalue weighted by atomic mass is 9.72. The van der Waals surface area contributed by atoms with Crippen LogP contribution in [-0.2, 0) is 40.3 Å². The first-order chi connectivity index (χ1) is 31.6. The molecule has 5 aromatic rings. The number of carbonyl (C=O) groups is 2. The zero-order chi connectivity index (χ0) is 45.4. The molecule has 5 heterocycles. The van der Waals surface area contributed by atoms with Gasteiger partial charge in [0, 0.05) is 56.5 Å². The van der Waals surface area contributed by atoms with Crippen molar-refractivity contribution >= 4 is 22.7 Å². The van der Waals surface area contributed by atoms with Gasteiger partial charge in [0.15, 0.2) is 28.8 Å². The Labute approximate surface area is 381 Å². The number of allylic oxidation sites excluding steroid dienone is 1. The van der Waals surface area contributed by atoms with Crippen LogP contribution in [0.25, 0.3) is 10.9 Å². The van der Waals surface area contributed by atoms with E-state index in [-0.39, 0.29) is 48.8 Å². The van der Waals surface area contributed by atoms with Crippen LogP contribution >= 0.6 is 0 Å². The minimum Gasteiger partial charge on any atom is -0.493 e. The number of amides is 1. The Morgan fingerprint density at radius 1 is 0.769 bits per heavy atom. The fourth-order valence-electron chi connectivity index (χ4n) is 11.0. The number of carbonyl (C=O) groups excluding carboxylic acids is 2. The van der Waals surface area contributed by atoms with E-state index in [0.717, 1.165) is 89.0 Å². The molecule has 6 atom stereocenters. The van der Waals surface area contributed by atoms with E-state index in [0.29, 0.717) is 42.7 Å². The summed E-state index contributed by atoms with van der Waals surface area (Å²) in [6.45, 7) is 6.51. The Kier molecular flexibility index (Phi) is 12.9. The van der Waals surface area contributed by atoms with Crippen LogP contribution in [0.4, 0.5) is 0 Å². The molecule has 9 rings (SSSR count). The van der Waals surface area contributed by atoms with E-state index >= 15 is 4.79 Å². The molecule has 0 aliphatic carbocycles. The van der Waals surface area contributed by atoms with E-state index in [1.54, 1.807) is 39.9 Å². The van der Waals surface area contributed by atoms with Crippen molar-refractivity contribution < 1.29 is 43.1 Å². The van der Waals surface area contributed by atoms with E-state index in [9.17, 15) is 9.90 Å². The standard InChI is InChI=1S/C53H61N3O9/c1-7-35-28-54-18-16-36-22-47(60-3)49(62-5)26-41(36)45(54)20-38(35)21-46-42-27-50(63-6)48(61-4)23-37(42)17-19-55(46)53(59)51-24-39(43-29-56(32(2)58)44-11-9-8-10-40(43)44)25-52(65-51)64-31-34-14-12-33(30-57)13-15-34/h8-15,22-24,26-27,29,35,38-39,45-46,52,57H,7,16-21,25,28,30-31H2,1-6H3/t35-,38+,39+,45-,46+,52-/m0/s1. The Morgan fingerprint density at radius 3 is 2.09 bits per heavy atom. The van der Waals surface area contributed by atoms with Crippen LogP contribution < -0.4 is 18.9 Å². The van der Waals surface area contributed by atoms with Crippen molar-refractivity contribution in [2.75, 3.05) is 48.1 Å². The van der Waals surface area contributed by atoms with Crippen LogP contribution in [0.15, 0.2) is 90.8 Å². The highest BCUT2D eigenvalue weighted by Gasteiger charge is 2.43. The number of rotatable bonds is 13. The van der Waals surface area contributed by atoms with Crippen LogP contribution in [0.1, 0.15) is 101 Å². The van der Waals surface area contributed by atoms with Gasteiger partial charge in [-0.3, -0.25) is 19.1 Å². The second-order valence-corrected chi connectivity index (χ2v) is 17.9. The monoisotopic (exact) mass is 883 g/mol. The lowest BCUT2D eigenvalue weighted by Gasteiger charge is -2.49. The van der Waals surface area contributed by atoms with Gasteiger partial charge in [0.05, 0.1) is 53.2 Å². The SMILES string of the molecule is CC[C@H]1CN2CCc3cc(OC)c(OC)cc3[C@@H]2C[C@@H]1C[C@@H]1c2cc(OC)c(OC)cc2CCN1C(=O)C1=C[C@@H](c2cn(C(C)=O)c3ccccc23)C[C@@H](OCc2ccc(CO)cc2)O1. The number of benzene rings is 4. The molecule has 4 aliphatic heterocycles. The van der Waals surface area contributed by atoms with Gasteiger partial charge < -0.3 is 38.4 Å². The van der Waals surface area contributed by atoms with Gasteiger partial charge in [0.1, 0.15) is 0 Å². The lowest BCUT2D eigenvalue weighted by Crippen LogP contribution is -2.48. The Morgan fingerprint density at radius 2 is 1.42 bits per heavy atom. The molecule has 1 fully saturated rings. The molecule has 65 heavy (non-hydrogen) atoms. The maximum atomic E-state index is 15.5. The number of piperidine rings is 1. The van der Waals surface area contributed by atoms with Crippen molar-refractivity contribution in [1.29, 1.82) is 0 Å². The van der Waals surface area contributed by atoms with Crippen LogP contribution in [0.3, 0.4) is 0 Å². The maximum Gasteiger partial charge on any atom is 0.289 e. The van der Waals surface area contributed by atoms with E-state index in [1.807, 2.05) is 65.7 Å². The molecule has 4 aliphatic rings. The summed E-state index contributed by atoms with van der Waals surface area (Å²) in [5, 5.41) is 10.6.